The molecule has 0 radical (unpaired) electrons. The van der Waals surface area contributed by atoms with Gasteiger partial charge in [-0.3, -0.25) is 4.31 Å². The number of hydrogen-bond donors (Lipinski definition) is 1. The van der Waals surface area contributed by atoms with E-state index in [0.29, 0.717) is 0 Å². The SMILES string of the molecule is CSN1c2cc3c(cc2B2c4cc(C(C)(C)C)ccc4Oc4cc(-n5c6ccc(C(C)(C)C)cc6c6cc(C(C)(C)C)ccc65)cc1c42)B1c2cc4c(cc2Oc2cc(-n5c6ccc(C(C)(C)C)cc6c6cc(C(C)(C)C)ccc65)cc(c21)O3)Nc1cc(-n2c3ccc(C(C)(C)C)cc3c3cc(C(C)(C)C)ccc32)cc2c1B4c1cc(C(C)(C)C)cc3c4cc(C(C)(C)C)ccc4n-2c13. The fourth-order valence-electron chi connectivity index (χ4n) is 23.2. The second-order valence-corrected chi connectivity index (χ2v) is 50.0. The minimum Gasteiger partial charge on any atom is -0.458 e. The van der Waals surface area contributed by atoms with Crippen LogP contribution in [0.5, 0.6) is 34.5 Å². The number of fused-ring (bicyclic) bond motifs is 24. The zero-order valence-corrected chi connectivity index (χ0v) is 84.2. The molecule has 14 aromatic carbocycles. The molecule has 1 N–H and O–H groups in total. The number of nitrogens with one attached hydrogen (secondary N) is 1. The predicted molar refractivity (Wildman–Crippen MR) is 577 cm³/mol. The Balaban J connectivity index is 0.774. The average Bonchev–Trinajstić information content (AvgIpc) is 1.32. The first-order valence-corrected chi connectivity index (χ1v) is 49.8. The number of aromatic nitrogens is 4. The summed E-state index contributed by atoms with van der Waals surface area (Å²) >= 11 is 1.74. The van der Waals surface area contributed by atoms with Crippen LogP contribution in [0.3, 0.4) is 0 Å². The van der Waals surface area contributed by atoms with Gasteiger partial charge in [0.2, 0.25) is 0 Å². The lowest BCUT2D eigenvalue weighted by Gasteiger charge is -2.41. The molecule has 0 bridgehead atoms. The van der Waals surface area contributed by atoms with Gasteiger partial charge in [0, 0.05) is 108 Å². The molecule has 6 aliphatic heterocycles. The summed E-state index contributed by atoms with van der Waals surface area (Å²) in [5.41, 5.74) is 39.2. The van der Waals surface area contributed by atoms with Crippen LogP contribution in [0.4, 0.5) is 22.7 Å². The average molecular weight is 1770 g/mol. The van der Waals surface area contributed by atoms with Gasteiger partial charge in [-0.15, -0.1) is 0 Å². The molecule has 9 nitrogen and oxygen atoms in total. The molecule has 134 heavy (non-hydrogen) atoms. The first kappa shape index (κ1) is 84.8. The van der Waals surface area contributed by atoms with Gasteiger partial charge in [-0.25, -0.2) is 0 Å². The fourth-order valence-corrected chi connectivity index (χ4v) is 23.9. The maximum absolute atomic E-state index is 8.03. The summed E-state index contributed by atoms with van der Waals surface area (Å²) < 4.78 is 36.3. The number of benzene rings is 14. The van der Waals surface area contributed by atoms with E-state index < -0.39 is 0 Å². The van der Waals surface area contributed by atoms with Crippen molar-refractivity contribution in [3.05, 3.63) is 268 Å². The lowest BCUT2D eigenvalue weighted by molar-refractivity contribution is 0.464. The molecule has 0 saturated heterocycles. The van der Waals surface area contributed by atoms with Gasteiger partial charge >= 0.3 is 0 Å². The number of anilines is 4. The molecule has 6 aliphatic rings. The van der Waals surface area contributed by atoms with E-state index in [0.717, 1.165) is 124 Å². The lowest BCUT2D eigenvalue weighted by atomic mass is 9.30. The summed E-state index contributed by atoms with van der Waals surface area (Å²) in [6.07, 6.45) is 2.24. The van der Waals surface area contributed by atoms with E-state index in [2.05, 4.69) is 439 Å². The number of hydrogen-bond acceptors (Lipinski definition) is 6. The standard InChI is InChI=1S/C121H121B3N6O3S/c1-113(2,3)65-29-37-93-77(45-65)78-46-66(114(4,5)6)30-38-94(78)126(93)74-55-92-109-101(56-74)129-99-43-35-71(119(19,20)21)51-83(99)84-52-73(121(25,26)27)54-90(112(84)129)122(109)85-61-88-104(63-91(85)125-92)132-107-59-76(128-97-41-33-69(117(13,14)15)49-81(97)82-50-70(118(16,17)18)34-42-98(82)128)60-108-111(107)124(88)89-62-86-100(64-105(89)133-108)130(134-28)102-57-75(58-106-110(102)123(86)87-53-72(120(22,23)24)36-44-103(87)131-106)127-95-39-31-67(115(7,8)9)47-79(95)80-48-68(116(10,11)12)32-40-96(80)127/h29-64,125H,1-28H3. The van der Waals surface area contributed by atoms with Gasteiger partial charge in [-0.2, -0.15) is 0 Å². The molecule has 18 aromatic rings. The molecule has 0 saturated carbocycles. The second-order valence-electron chi connectivity index (χ2n) is 49.2. The highest BCUT2D eigenvalue weighted by atomic mass is 32.2. The van der Waals surface area contributed by atoms with Crippen molar-refractivity contribution < 1.29 is 14.2 Å². The Morgan fingerprint density at radius 3 is 0.940 bits per heavy atom. The molecule has 0 atom stereocenters. The van der Waals surface area contributed by atoms with Crippen LogP contribution < -0.4 is 73.0 Å². The van der Waals surface area contributed by atoms with E-state index in [1.54, 1.807) is 11.9 Å². The van der Waals surface area contributed by atoms with E-state index in [-0.39, 0.29) is 68.9 Å². The summed E-state index contributed by atoms with van der Waals surface area (Å²) in [6, 6.07) is 87.0. The highest BCUT2D eigenvalue weighted by molar-refractivity contribution is 8.00. The van der Waals surface area contributed by atoms with Crippen LogP contribution in [-0.2, 0) is 48.7 Å². The van der Waals surface area contributed by atoms with Crippen LogP contribution in [0.25, 0.3) is 110 Å². The van der Waals surface area contributed by atoms with E-state index >= 15 is 0 Å². The zero-order chi connectivity index (χ0) is 93.8. The maximum Gasteiger partial charge on any atom is 0.260 e. The molecule has 13 heteroatoms. The number of ether oxygens (including phenoxy) is 3. The highest BCUT2D eigenvalue weighted by Crippen LogP contribution is 2.52. The monoisotopic (exact) mass is 1770 g/mol. The summed E-state index contributed by atoms with van der Waals surface area (Å²) in [5.74, 6) is 4.88. The van der Waals surface area contributed by atoms with E-state index in [9.17, 15) is 0 Å². The third-order valence-corrected chi connectivity index (χ3v) is 31.7. The fraction of sp³-hybridized carbons (Fsp3) is 0.306. The van der Waals surface area contributed by atoms with Crippen molar-refractivity contribution >= 4 is 191 Å². The Morgan fingerprint density at radius 1 is 0.224 bits per heavy atom. The smallest absolute Gasteiger partial charge is 0.260 e. The molecule has 4 aromatic heterocycles. The molecule has 24 rings (SSSR count). The van der Waals surface area contributed by atoms with Gasteiger partial charge in [-0.1, -0.05) is 260 Å². The molecule has 0 amide bonds. The second kappa shape index (κ2) is 27.6. The van der Waals surface area contributed by atoms with Crippen molar-refractivity contribution in [2.24, 2.45) is 0 Å². The Hall–Kier alpha value is -12.2. The topological polar surface area (TPSA) is 62.7 Å². The van der Waals surface area contributed by atoms with Crippen LogP contribution in [0, 0.1) is 0 Å². The summed E-state index contributed by atoms with van der Waals surface area (Å²) in [7, 11) is 0. The molecular formula is C121H121B3N6O3S. The van der Waals surface area contributed by atoms with Crippen LogP contribution in [0.1, 0.15) is 237 Å². The van der Waals surface area contributed by atoms with Gasteiger partial charge in [-0.05, 0) is 270 Å². The molecule has 0 unspecified atom stereocenters. The number of nitrogens with zero attached hydrogens (tertiary/aromatic N) is 5. The van der Waals surface area contributed by atoms with Crippen molar-refractivity contribution in [3.63, 3.8) is 0 Å². The van der Waals surface area contributed by atoms with E-state index in [1.807, 2.05) is 0 Å². The van der Waals surface area contributed by atoms with Crippen LogP contribution in [0.15, 0.2) is 218 Å². The minimum atomic E-state index is -0.374. The first-order valence-electron chi connectivity index (χ1n) is 48.6. The van der Waals surface area contributed by atoms with Crippen LogP contribution in [-0.4, -0.2) is 44.7 Å². The van der Waals surface area contributed by atoms with Gasteiger partial charge in [0.25, 0.3) is 20.1 Å². The van der Waals surface area contributed by atoms with Crippen molar-refractivity contribution in [1.82, 2.24) is 18.3 Å². The summed E-state index contributed by atoms with van der Waals surface area (Å²) in [5, 5.41) is 14.4. The van der Waals surface area contributed by atoms with Gasteiger partial charge < -0.3 is 37.8 Å². The molecule has 668 valence electrons. The zero-order valence-electron chi connectivity index (χ0n) is 83.4. The Kier molecular flexibility index (Phi) is 17.4. The Bertz CT molecular complexity index is 8110. The number of rotatable bonds is 4. The molecule has 0 aliphatic carbocycles. The first-order chi connectivity index (χ1) is 63.0. The van der Waals surface area contributed by atoms with E-state index in [1.165, 1.54) is 143 Å². The third-order valence-electron chi connectivity index (χ3n) is 31.0. The van der Waals surface area contributed by atoms with Crippen molar-refractivity contribution in [2.75, 3.05) is 15.9 Å². The van der Waals surface area contributed by atoms with E-state index in [4.69, 9.17) is 14.2 Å². The summed E-state index contributed by atoms with van der Waals surface area (Å²) in [4.78, 5) is 0. The maximum atomic E-state index is 8.03. The quantitative estimate of drug-likeness (QED) is 0.140. The van der Waals surface area contributed by atoms with Crippen molar-refractivity contribution in [1.29, 1.82) is 0 Å². The predicted octanol–water partition coefficient (Wildman–Crippen LogP) is 26.7. The van der Waals surface area contributed by atoms with Gasteiger partial charge in [0.05, 0.1) is 67.1 Å². The van der Waals surface area contributed by atoms with Crippen LogP contribution in [0.2, 0.25) is 0 Å². The highest BCUT2D eigenvalue weighted by Gasteiger charge is 2.50. The molecular weight excluding hydrogens is 1650 g/mol. The molecule has 0 fully saturated rings. The normalized spacial score (nSPS) is 14.6. The van der Waals surface area contributed by atoms with Crippen molar-refractivity contribution in [3.8, 4) is 57.2 Å². The van der Waals surface area contributed by atoms with Crippen LogP contribution >= 0.6 is 11.9 Å². The Labute approximate surface area is 795 Å². The van der Waals surface area contributed by atoms with Gasteiger partial charge in [0.15, 0.2) is 0 Å². The van der Waals surface area contributed by atoms with Gasteiger partial charge in [0.1, 0.15) is 34.5 Å². The molecule has 10 heterocycles. The minimum absolute atomic E-state index is 0.0606. The lowest BCUT2D eigenvalue weighted by Crippen LogP contribution is -2.64. The largest absolute Gasteiger partial charge is 0.458 e. The summed E-state index contributed by atoms with van der Waals surface area (Å²) in [6.45, 7) is 62.3. The third kappa shape index (κ3) is 12.5. The Morgan fingerprint density at radius 2 is 0.530 bits per heavy atom. The molecule has 0 spiro atoms. The van der Waals surface area contributed by atoms with Crippen molar-refractivity contribution in [2.45, 2.75) is 236 Å².